The normalized spacial score (nSPS) is 21.0. The topological polar surface area (TPSA) is 46.6 Å². The molecule has 22 heavy (non-hydrogen) atoms. The summed E-state index contributed by atoms with van der Waals surface area (Å²) < 4.78 is 46.5. The number of hydrogen-bond donors (Lipinski definition) is 0. The third-order valence-electron chi connectivity index (χ3n) is 3.77. The molecule has 0 N–H and O–H groups in total. The van der Waals surface area contributed by atoms with Gasteiger partial charge in [-0.3, -0.25) is 0 Å². The van der Waals surface area contributed by atoms with Crippen molar-refractivity contribution in [1.29, 1.82) is 0 Å². The number of aryl methyl sites for hydroxylation is 1. The van der Waals surface area contributed by atoms with E-state index in [1.54, 1.807) is 36.4 Å². The molecule has 116 valence electrons. The first-order valence-electron chi connectivity index (χ1n) is 6.83. The van der Waals surface area contributed by atoms with Gasteiger partial charge in [0.25, 0.3) is 10.0 Å². The van der Waals surface area contributed by atoms with E-state index in [9.17, 15) is 12.8 Å². The second kappa shape index (κ2) is 5.37. The van der Waals surface area contributed by atoms with E-state index in [1.165, 1.54) is 19.2 Å². The Labute approximate surface area is 129 Å². The van der Waals surface area contributed by atoms with E-state index < -0.39 is 22.4 Å². The molecule has 4 nitrogen and oxygen atoms in total. The minimum absolute atomic E-state index is 0.115. The van der Waals surface area contributed by atoms with Crippen molar-refractivity contribution >= 4 is 15.7 Å². The Bertz CT molecular complexity index is 789. The maximum atomic E-state index is 14.5. The van der Waals surface area contributed by atoms with Crippen molar-refractivity contribution in [3.8, 4) is 0 Å². The first-order valence-corrected chi connectivity index (χ1v) is 8.27. The maximum Gasteiger partial charge on any atom is 0.266 e. The molecule has 0 saturated heterocycles. The van der Waals surface area contributed by atoms with Gasteiger partial charge < -0.3 is 4.74 Å². The molecule has 0 saturated carbocycles. The Morgan fingerprint density at radius 3 is 2.36 bits per heavy atom. The number of methoxy groups -OCH3 is 1. The first kappa shape index (κ1) is 15.0. The molecule has 0 bridgehead atoms. The average Bonchev–Trinajstić information content (AvgIpc) is 2.81. The van der Waals surface area contributed by atoms with Crippen molar-refractivity contribution in [2.24, 2.45) is 0 Å². The molecule has 0 amide bonds. The highest BCUT2D eigenvalue weighted by Crippen LogP contribution is 2.44. The summed E-state index contributed by atoms with van der Waals surface area (Å²) in [6, 6.07) is 13.0. The molecule has 1 aliphatic heterocycles. The lowest BCUT2D eigenvalue weighted by molar-refractivity contribution is 0.0502. The Morgan fingerprint density at radius 1 is 1.09 bits per heavy atom. The van der Waals surface area contributed by atoms with Crippen LogP contribution < -0.4 is 4.31 Å². The molecular formula is C16H16FNO3S. The van der Waals surface area contributed by atoms with Gasteiger partial charge in [0.05, 0.1) is 10.6 Å². The second-order valence-electron chi connectivity index (χ2n) is 5.20. The van der Waals surface area contributed by atoms with Gasteiger partial charge in [0.15, 0.2) is 12.4 Å². The third-order valence-corrected chi connectivity index (χ3v) is 5.56. The van der Waals surface area contributed by atoms with Crippen LogP contribution in [0.3, 0.4) is 0 Å². The smallest absolute Gasteiger partial charge is 0.266 e. The number of rotatable bonds is 3. The quantitative estimate of drug-likeness (QED) is 0.872. The lowest BCUT2D eigenvalue weighted by Gasteiger charge is -2.26. The van der Waals surface area contributed by atoms with Crippen LogP contribution in [0.2, 0.25) is 0 Å². The van der Waals surface area contributed by atoms with Crippen molar-refractivity contribution < 1.29 is 17.5 Å². The van der Waals surface area contributed by atoms with Gasteiger partial charge >= 0.3 is 0 Å². The molecule has 0 unspecified atom stereocenters. The predicted molar refractivity (Wildman–Crippen MR) is 81.9 cm³/mol. The molecule has 2 atom stereocenters. The van der Waals surface area contributed by atoms with Crippen molar-refractivity contribution in [3.63, 3.8) is 0 Å². The second-order valence-corrected chi connectivity index (χ2v) is 7.02. The molecule has 6 heteroatoms. The molecule has 0 radical (unpaired) electrons. The number of fused-ring (bicyclic) bond motifs is 1. The van der Waals surface area contributed by atoms with Gasteiger partial charge in [0.2, 0.25) is 0 Å². The number of benzene rings is 2. The highest BCUT2D eigenvalue weighted by molar-refractivity contribution is 7.92. The zero-order chi connectivity index (χ0) is 15.9. The molecular weight excluding hydrogens is 305 g/mol. The largest absolute Gasteiger partial charge is 0.357 e. The number of alkyl halides is 1. The summed E-state index contributed by atoms with van der Waals surface area (Å²) in [7, 11) is -2.59. The minimum atomic E-state index is -3.89. The number of anilines is 1. The summed E-state index contributed by atoms with van der Waals surface area (Å²) in [5.41, 5.74) is 1.60. The molecule has 2 aromatic rings. The van der Waals surface area contributed by atoms with Crippen LogP contribution in [-0.2, 0) is 14.8 Å². The van der Waals surface area contributed by atoms with Crippen molar-refractivity contribution in [3.05, 3.63) is 59.7 Å². The van der Waals surface area contributed by atoms with E-state index in [1.807, 2.05) is 6.92 Å². The van der Waals surface area contributed by atoms with Crippen LogP contribution in [0.5, 0.6) is 0 Å². The molecule has 0 spiro atoms. The Kier molecular flexibility index (Phi) is 3.66. The fourth-order valence-corrected chi connectivity index (χ4v) is 4.24. The number of ether oxygens (including phenoxy) is 1. The monoisotopic (exact) mass is 321 g/mol. The zero-order valence-electron chi connectivity index (χ0n) is 12.2. The summed E-state index contributed by atoms with van der Waals surface area (Å²) in [4.78, 5) is 0.115. The molecule has 1 aliphatic rings. The Balaban J connectivity index is 2.15. The summed E-state index contributed by atoms with van der Waals surface area (Å²) >= 11 is 0. The lowest BCUT2D eigenvalue weighted by atomic mass is 10.1. The maximum absolute atomic E-state index is 14.5. The van der Waals surface area contributed by atoms with Crippen molar-refractivity contribution in [2.75, 3.05) is 11.4 Å². The van der Waals surface area contributed by atoms with E-state index in [0.717, 1.165) is 9.87 Å². The summed E-state index contributed by atoms with van der Waals surface area (Å²) in [6.07, 6.45) is -2.70. The number of halogens is 1. The molecule has 0 aliphatic carbocycles. The van der Waals surface area contributed by atoms with Gasteiger partial charge in [-0.1, -0.05) is 35.9 Å². The molecule has 0 aromatic heterocycles. The first-order chi connectivity index (χ1) is 10.5. The predicted octanol–water partition coefficient (Wildman–Crippen LogP) is 3.19. The van der Waals surface area contributed by atoms with E-state index in [4.69, 9.17) is 4.74 Å². The van der Waals surface area contributed by atoms with E-state index >= 15 is 0 Å². The average molecular weight is 321 g/mol. The van der Waals surface area contributed by atoms with Crippen LogP contribution in [-0.4, -0.2) is 21.8 Å². The highest BCUT2D eigenvalue weighted by atomic mass is 32.2. The van der Waals surface area contributed by atoms with Crippen LogP contribution in [0.25, 0.3) is 0 Å². The van der Waals surface area contributed by atoms with Crippen LogP contribution in [0, 0.1) is 6.92 Å². The number of para-hydroxylation sites is 1. The fourth-order valence-electron chi connectivity index (χ4n) is 2.64. The molecule has 1 heterocycles. The summed E-state index contributed by atoms with van der Waals surface area (Å²) in [6.45, 7) is 1.87. The van der Waals surface area contributed by atoms with E-state index in [0.29, 0.717) is 11.3 Å². The minimum Gasteiger partial charge on any atom is -0.357 e. The van der Waals surface area contributed by atoms with Gasteiger partial charge in [-0.25, -0.2) is 17.1 Å². The van der Waals surface area contributed by atoms with Crippen LogP contribution in [0.15, 0.2) is 53.4 Å². The van der Waals surface area contributed by atoms with Gasteiger partial charge in [-0.15, -0.1) is 0 Å². The standard InChI is InChI=1S/C16H16FNO3S/c1-11-7-9-12(10-8-11)22(19,20)18-14-6-4-3-5-13(14)15(17)16(18)21-2/h3-10,15-16H,1-2H3/t15-,16+/m0/s1. The number of nitrogens with zero attached hydrogens (tertiary/aromatic N) is 1. The van der Waals surface area contributed by atoms with Gasteiger partial charge in [0.1, 0.15) is 0 Å². The molecule has 2 aromatic carbocycles. The fraction of sp³-hybridized carbons (Fsp3) is 0.250. The lowest BCUT2D eigenvalue weighted by Crippen LogP contribution is -2.39. The highest BCUT2D eigenvalue weighted by Gasteiger charge is 2.45. The SMILES string of the molecule is CO[C@@H]1[C@@H](F)c2ccccc2N1S(=O)(=O)c1ccc(C)cc1. The van der Waals surface area contributed by atoms with E-state index in [-0.39, 0.29) is 4.90 Å². The molecule has 0 fully saturated rings. The number of sulfonamides is 1. The van der Waals surface area contributed by atoms with Gasteiger partial charge in [0, 0.05) is 12.7 Å². The third kappa shape index (κ3) is 2.19. The van der Waals surface area contributed by atoms with Gasteiger partial charge in [-0.2, -0.15) is 0 Å². The summed E-state index contributed by atoms with van der Waals surface area (Å²) in [5.74, 6) is 0. The Hall–Kier alpha value is -1.92. The van der Waals surface area contributed by atoms with Crippen molar-refractivity contribution in [2.45, 2.75) is 24.2 Å². The Morgan fingerprint density at radius 2 is 1.73 bits per heavy atom. The summed E-state index contributed by atoms with van der Waals surface area (Å²) in [5, 5.41) is 0. The molecule has 3 rings (SSSR count). The van der Waals surface area contributed by atoms with E-state index in [2.05, 4.69) is 0 Å². The van der Waals surface area contributed by atoms with Crippen LogP contribution in [0.1, 0.15) is 17.3 Å². The number of hydrogen-bond acceptors (Lipinski definition) is 3. The van der Waals surface area contributed by atoms with Crippen LogP contribution in [0.4, 0.5) is 10.1 Å². The van der Waals surface area contributed by atoms with Crippen molar-refractivity contribution in [1.82, 2.24) is 0 Å². The van der Waals surface area contributed by atoms with Crippen LogP contribution >= 0.6 is 0 Å². The van der Waals surface area contributed by atoms with Gasteiger partial charge in [-0.05, 0) is 25.1 Å². The zero-order valence-corrected chi connectivity index (χ0v) is 13.0.